The van der Waals surface area contributed by atoms with Crippen molar-refractivity contribution < 1.29 is 0 Å². The molecule has 1 aliphatic rings. The fraction of sp³-hybridized carbons (Fsp3) is 0.750. The highest BCUT2D eigenvalue weighted by molar-refractivity contribution is 7.15. The Kier molecular flexibility index (Phi) is 2.46. The Morgan fingerprint density at radius 2 is 2.38 bits per heavy atom. The number of aryl methyl sites for hydroxylation is 1. The highest BCUT2D eigenvalue weighted by atomic mass is 32.1. The highest BCUT2D eigenvalue weighted by Crippen LogP contribution is 2.34. The van der Waals surface area contributed by atoms with Gasteiger partial charge in [-0.15, -0.1) is 10.2 Å². The monoisotopic (exact) mass is 198 g/mol. The first-order chi connectivity index (χ1) is 6.29. The topological polar surface area (TPSA) is 63.8 Å². The molecule has 1 heterocycles. The average Bonchev–Trinajstić information content (AvgIpc) is 2.87. The zero-order valence-electron chi connectivity index (χ0n) is 7.66. The van der Waals surface area contributed by atoms with Gasteiger partial charge in [-0.2, -0.15) is 0 Å². The lowest BCUT2D eigenvalue weighted by atomic mass is 10.2. The Morgan fingerprint density at radius 3 is 2.85 bits per heavy atom. The summed E-state index contributed by atoms with van der Waals surface area (Å²) in [5, 5.41) is 13.2. The molecule has 5 heteroatoms. The van der Waals surface area contributed by atoms with Crippen LogP contribution in [0.4, 0.5) is 5.13 Å². The predicted octanol–water partition coefficient (Wildman–Crippen LogP) is 0.996. The molecule has 0 radical (unpaired) electrons. The van der Waals surface area contributed by atoms with E-state index in [4.69, 9.17) is 5.73 Å². The molecule has 2 rings (SSSR count). The summed E-state index contributed by atoms with van der Waals surface area (Å²) in [4.78, 5) is 0. The summed E-state index contributed by atoms with van der Waals surface area (Å²) in [5.74, 6) is 0.759. The van der Waals surface area contributed by atoms with Gasteiger partial charge in [0.05, 0.1) is 0 Å². The standard InChI is InChI=1S/C8H14N4S/c1-5-11-12-8(13-5)10-7(4-9)6-2-3-6/h6-7H,2-4,9H2,1H3,(H,10,12). The smallest absolute Gasteiger partial charge is 0.205 e. The van der Waals surface area contributed by atoms with E-state index in [0.717, 1.165) is 16.1 Å². The highest BCUT2D eigenvalue weighted by Gasteiger charge is 2.30. The Hall–Kier alpha value is -0.680. The van der Waals surface area contributed by atoms with Crippen molar-refractivity contribution in [1.82, 2.24) is 10.2 Å². The second kappa shape index (κ2) is 3.59. The summed E-state index contributed by atoms with van der Waals surface area (Å²) in [7, 11) is 0. The van der Waals surface area contributed by atoms with Crippen molar-refractivity contribution in [3.63, 3.8) is 0 Å². The summed E-state index contributed by atoms with van der Waals surface area (Å²) in [6, 6.07) is 0.396. The quantitative estimate of drug-likeness (QED) is 0.757. The van der Waals surface area contributed by atoms with Gasteiger partial charge in [0.15, 0.2) is 0 Å². The van der Waals surface area contributed by atoms with Gasteiger partial charge in [-0.1, -0.05) is 11.3 Å². The molecule has 0 aliphatic heterocycles. The van der Waals surface area contributed by atoms with E-state index in [1.807, 2.05) is 6.92 Å². The van der Waals surface area contributed by atoms with Crippen LogP contribution in [0.2, 0.25) is 0 Å². The van der Waals surface area contributed by atoms with Crippen LogP contribution >= 0.6 is 11.3 Å². The van der Waals surface area contributed by atoms with E-state index in [0.29, 0.717) is 12.6 Å². The lowest BCUT2D eigenvalue weighted by Gasteiger charge is -2.13. The van der Waals surface area contributed by atoms with Crippen LogP contribution in [0.3, 0.4) is 0 Å². The van der Waals surface area contributed by atoms with E-state index in [1.165, 1.54) is 12.8 Å². The van der Waals surface area contributed by atoms with Crippen molar-refractivity contribution in [3.8, 4) is 0 Å². The van der Waals surface area contributed by atoms with E-state index in [2.05, 4.69) is 15.5 Å². The van der Waals surface area contributed by atoms with Crippen molar-refractivity contribution in [2.45, 2.75) is 25.8 Å². The van der Waals surface area contributed by atoms with Crippen LogP contribution in [0.5, 0.6) is 0 Å². The third kappa shape index (κ3) is 2.16. The van der Waals surface area contributed by atoms with Crippen LogP contribution < -0.4 is 11.1 Å². The van der Waals surface area contributed by atoms with Gasteiger partial charge < -0.3 is 11.1 Å². The molecule has 1 saturated carbocycles. The third-order valence-corrected chi connectivity index (χ3v) is 3.05. The number of anilines is 1. The SMILES string of the molecule is Cc1nnc(NC(CN)C2CC2)s1. The molecule has 1 aromatic rings. The number of nitrogens with zero attached hydrogens (tertiary/aromatic N) is 2. The molecule has 1 aliphatic carbocycles. The minimum atomic E-state index is 0.396. The van der Waals surface area contributed by atoms with E-state index in [-0.39, 0.29) is 0 Å². The molecular formula is C8H14N4S. The molecular weight excluding hydrogens is 184 g/mol. The Balaban J connectivity index is 1.95. The first kappa shape index (κ1) is 8.90. The summed E-state index contributed by atoms with van der Waals surface area (Å²) in [5.41, 5.74) is 5.66. The fourth-order valence-corrected chi connectivity index (χ4v) is 2.03. The van der Waals surface area contributed by atoms with Crippen molar-refractivity contribution >= 4 is 16.5 Å². The molecule has 3 N–H and O–H groups in total. The van der Waals surface area contributed by atoms with Crippen LogP contribution in [-0.2, 0) is 0 Å². The number of nitrogens with one attached hydrogen (secondary N) is 1. The van der Waals surface area contributed by atoms with E-state index in [9.17, 15) is 0 Å². The molecule has 0 aromatic carbocycles. The summed E-state index contributed by atoms with van der Waals surface area (Å²) in [6.45, 7) is 2.64. The van der Waals surface area contributed by atoms with Gasteiger partial charge in [0.2, 0.25) is 5.13 Å². The molecule has 1 fully saturated rings. The van der Waals surface area contributed by atoms with Crippen LogP contribution in [0.15, 0.2) is 0 Å². The molecule has 0 bridgehead atoms. The van der Waals surface area contributed by atoms with E-state index >= 15 is 0 Å². The molecule has 1 aromatic heterocycles. The molecule has 4 nitrogen and oxygen atoms in total. The maximum Gasteiger partial charge on any atom is 0.205 e. The minimum Gasteiger partial charge on any atom is -0.356 e. The van der Waals surface area contributed by atoms with Gasteiger partial charge in [0.1, 0.15) is 5.01 Å². The maximum absolute atomic E-state index is 5.66. The van der Waals surface area contributed by atoms with Crippen molar-refractivity contribution in [3.05, 3.63) is 5.01 Å². The van der Waals surface area contributed by atoms with Crippen LogP contribution in [0, 0.1) is 12.8 Å². The molecule has 1 atom stereocenters. The van der Waals surface area contributed by atoms with Gasteiger partial charge in [-0.25, -0.2) is 0 Å². The zero-order valence-corrected chi connectivity index (χ0v) is 8.47. The molecule has 0 spiro atoms. The second-order valence-electron chi connectivity index (χ2n) is 3.45. The third-order valence-electron chi connectivity index (χ3n) is 2.28. The van der Waals surface area contributed by atoms with E-state index < -0.39 is 0 Å². The molecule has 0 amide bonds. The van der Waals surface area contributed by atoms with Gasteiger partial charge in [0, 0.05) is 12.6 Å². The maximum atomic E-state index is 5.66. The number of hydrogen-bond donors (Lipinski definition) is 2. The second-order valence-corrected chi connectivity index (χ2v) is 4.63. The summed E-state index contributed by atoms with van der Waals surface area (Å²) in [6.07, 6.45) is 2.60. The molecule has 72 valence electrons. The number of hydrogen-bond acceptors (Lipinski definition) is 5. The van der Waals surface area contributed by atoms with Crippen molar-refractivity contribution in [2.75, 3.05) is 11.9 Å². The van der Waals surface area contributed by atoms with Gasteiger partial charge in [-0.3, -0.25) is 0 Å². The average molecular weight is 198 g/mol. The zero-order chi connectivity index (χ0) is 9.26. The Labute approximate surface area is 81.6 Å². The minimum absolute atomic E-state index is 0.396. The predicted molar refractivity (Wildman–Crippen MR) is 53.8 cm³/mol. The van der Waals surface area contributed by atoms with Crippen LogP contribution in [0.25, 0.3) is 0 Å². The number of rotatable bonds is 4. The van der Waals surface area contributed by atoms with Crippen LogP contribution in [0.1, 0.15) is 17.8 Å². The van der Waals surface area contributed by atoms with Gasteiger partial charge in [0.25, 0.3) is 0 Å². The normalized spacial score (nSPS) is 18.6. The molecule has 0 saturated heterocycles. The lowest BCUT2D eigenvalue weighted by Crippen LogP contribution is -2.30. The Morgan fingerprint density at radius 1 is 1.62 bits per heavy atom. The van der Waals surface area contributed by atoms with Crippen LogP contribution in [-0.4, -0.2) is 22.8 Å². The van der Waals surface area contributed by atoms with E-state index in [1.54, 1.807) is 11.3 Å². The first-order valence-electron chi connectivity index (χ1n) is 4.56. The Bertz CT molecular complexity index is 281. The molecule has 13 heavy (non-hydrogen) atoms. The number of nitrogens with two attached hydrogens (primary N) is 1. The van der Waals surface area contributed by atoms with Crippen molar-refractivity contribution in [2.24, 2.45) is 11.7 Å². The van der Waals surface area contributed by atoms with Crippen molar-refractivity contribution in [1.29, 1.82) is 0 Å². The lowest BCUT2D eigenvalue weighted by molar-refractivity contribution is 0.643. The fourth-order valence-electron chi connectivity index (χ4n) is 1.38. The summed E-state index contributed by atoms with van der Waals surface area (Å²) < 4.78 is 0. The first-order valence-corrected chi connectivity index (χ1v) is 5.38. The van der Waals surface area contributed by atoms with Gasteiger partial charge in [-0.05, 0) is 25.7 Å². The van der Waals surface area contributed by atoms with Gasteiger partial charge >= 0.3 is 0 Å². The summed E-state index contributed by atoms with van der Waals surface area (Å²) >= 11 is 1.59. The largest absolute Gasteiger partial charge is 0.356 e. The molecule has 1 unspecified atom stereocenters. The number of aromatic nitrogens is 2.